The van der Waals surface area contributed by atoms with Crippen LogP contribution in [0.4, 0.5) is 0 Å². The van der Waals surface area contributed by atoms with Gasteiger partial charge in [-0.3, -0.25) is 0 Å². The standard InChI is InChI=1S/C15H22BrNO4S/c1-4-7-17(10-11-5-6-11)22(18,19)15-9-14(21-3)13(20-2)8-12(15)16/h8-9,11H,4-7,10H2,1-3H3. The lowest BCUT2D eigenvalue weighted by atomic mass is 10.3. The minimum absolute atomic E-state index is 0.222. The van der Waals surface area contributed by atoms with E-state index in [2.05, 4.69) is 15.9 Å². The van der Waals surface area contributed by atoms with Gasteiger partial charge in [0.25, 0.3) is 0 Å². The van der Waals surface area contributed by atoms with Crippen LogP contribution < -0.4 is 9.47 Å². The van der Waals surface area contributed by atoms with Crippen molar-refractivity contribution in [2.24, 2.45) is 5.92 Å². The monoisotopic (exact) mass is 391 g/mol. The number of nitrogens with zero attached hydrogens (tertiary/aromatic N) is 1. The predicted octanol–water partition coefficient (Wildman–Crippen LogP) is 3.28. The van der Waals surface area contributed by atoms with Crippen LogP contribution in [0, 0.1) is 5.92 Å². The van der Waals surface area contributed by atoms with Gasteiger partial charge in [0.15, 0.2) is 11.5 Å². The molecule has 1 saturated carbocycles. The largest absolute Gasteiger partial charge is 0.493 e. The molecule has 0 bridgehead atoms. The fourth-order valence-corrected chi connectivity index (χ4v) is 4.93. The van der Waals surface area contributed by atoms with Crippen molar-refractivity contribution in [1.82, 2.24) is 4.31 Å². The third-order valence-corrected chi connectivity index (χ3v) is 6.51. The number of hydrogen-bond acceptors (Lipinski definition) is 4. The van der Waals surface area contributed by atoms with Crippen molar-refractivity contribution in [3.8, 4) is 11.5 Å². The van der Waals surface area contributed by atoms with Crippen LogP contribution >= 0.6 is 15.9 Å². The predicted molar refractivity (Wildman–Crippen MR) is 89.0 cm³/mol. The number of rotatable bonds is 8. The molecule has 0 aliphatic heterocycles. The lowest BCUT2D eigenvalue weighted by molar-refractivity contribution is 0.352. The molecule has 124 valence electrons. The van der Waals surface area contributed by atoms with Crippen molar-refractivity contribution >= 4 is 26.0 Å². The van der Waals surface area contributed by atoms with Crippen LogP contribution in [0.3, 0.4) is 0 Å². The first-order chi connectivity index (χ1) is 10.4. The average molecular weight is 392 g/mol. The summed E-state index contributed by atoms with van der Waals surface area (Å²) in [5, 5.41) is 0. The number of methoxy groups -OCH3 is 2. The Hall–Kier alpha value is -0.790. The van der Waals surface area contributed by atoms with Crippen molar-refractivity contribution in [1.29, 1.82) is 0 Å². The van der Waals surface area contributed by atoms with Gasteiger partial charge in [0.05, 0.1) is 14.2 Å². The second kappa shape index (κ2) is 7.19. The Balaban J connectivity index is 2.41. The van der Waals surface area contributed by atoms with Gasteiger partial charge in [-0.1, -0.05) is 6.92 Å². The van der Waals surface area contributed by atoms with Gasteiger partial charge < -0.3 is 9.47 Å². The van der Waals surface area contributed by atoms with E-state index in [9.17, 15) is 8.42 Å². The first kappa shape index (κ1) is 17.6. The first-order valence-corrected chi connectivity index (χ1v) is 9.59. The highest BCUT2D eigenvalue weighted by Gasteiger charge is 2.33. The highest BCUT2D eigenvalue weighted by molar-refractivity contribution is 9.10. The summed E-state index contributed by atoms with van der Waals surface area (Å²) in [6.45, 7) is 3.11. The first-order valence-electron chi connectivity index (χ1n) is 7.35. The minimum Gasteiger partial charge on any atom is -0.493 e. The van der Waals surface area contributed by atoms with Crippen molar-refractivity contribution in [3.05, 3.63) is 16.6 Å². The van der Waals surface area contributed by atoms with Gasteiger partial charge in [-0.05, 0) is 47.2 Å². The quantitative estimate of drug-likeness (QED) is 0.682. The Morgan fingerprint density at radius 3 is 2.32 bits per heavy atom. The van der Waals surface area contributed by atoms with E-state index in [0.717, 1.165) is 19.3 Å². The van der Waals surface area contributed by atoms with Gasteiger partial charge in [0.1, 0.15) is 4.90 Å². The molecule has 1 fully saturated rings. The molecular formula is C15H22BrNO4S. The lowest BCUT2D eigenvalue weighted by Crippen LogP contribution is -2.34. The smallest absolute Gasteiger partial charge is 0.244 e. The van der Waals surface area contributed by atoms with Crippen molar-refractivity contribution in [3.63, 3.8) is 0 Å². The van der Waals surface area contributed by atoms with Gasteiger partial charge in [0, 0.05) is 23.6 Å². The summed E-state index contributed by atoms with van der Waals surface area (Å²) in [6.07, 6.45) is 3.02. The Morgan fingerprint density at radius 2 is 1.82 bits per heavy atom. The van der Waals surface area contributed by atoms with E-state index in [1.54, 1.807) is 10.4 Å². The van der Waals surface area contributed by atoms with Crippen LogP contribution in [0.5, 0.6) is 11.5 Å². The number of halogens is 1. The zero-order chi connectivity index (χ0) is 16.3. The molecule has 0 atom stereocenters. The number of hydrogen-bond donors (Lipinski definition) is 0. The summed E-state index contributed by atoms with van der Waals surface area (Å²) < 4.78 is 38.5. The van der Waals surface area contributed by atoms with E-state index < -0.39 is 10.0 Å². The van der Waals surface area contributed by atoms with E-state index >= 15 is 0 Å². The Labute approximate surface area is 140 Å². The molecule has 2 rings (SSSR count). The molecule has 7 heteroatoms. The lowest BCUT2D eigenvalue weighted by Gasteiger charge is -2.23. The molecule has 0 spiro atoms. The fourth-order valence-electron chi connectivity index (χ4n) is 2.32. The minimum atomic E-state index is -3.56. The van der Waals surface area contributed by atoms with E-state index in [0.29, 0.717) is 35.0 Å². The summed E-state index contributed by atoms with van der Waals surface area (Å²) in [7, 11) is -0.537. The summed E-state index contributed by atoms with van der Waals surface area (Å²) in [4.78, 5) is 0.222. The zero-order valence-electron chi connectivity index (χ0n) is 13.1. The van der Waals surface area contributed by atoms with Crippen molar-refractivity contribution < 1.29 is 17.9 Å². The van der Waals surface area contributed by atoms with E-state index in [1.165, 1.54) is 20.3 Å². The van der Waals surface area contributed by atoms with Crippen LogP contribution in [0.2, 0.25) is 0 Å². The molecule has 0 aromatic heterocycles. The van der Waals surface area contributed by atoms with Crippen LogP contribution in [-0.2, 0) is 10.0 Å². The van der Waals surface area contributed by atoms with Gasteiger partial charge in [-0.2, -0.15) is 4.31 Å². The van der Waals surface area contributed by atoms with Crippen molar-refractivity contribution in [2.75, 3.05) is 27.3 Å². The number of sulfonamides is 1. The molecule has 22 heavy (non-hydrogen) atoms. The van der Waals surface area contributed by atoms with Crippen LogP contribution in [0.15, 0.2) is 21.5 Å². The molecule has 1 aliphatic carbocycles. The second-order valence-corrected chi connectivity index (χ2v) is 8.20. The third kappa shape index (κ3) is 3.75. The molecule has 5 nitrogen and oxygen atoms in total. The summed E-state index contributed by atoms with van der Waals surface area (Å²) in [5.74, 6) is 1.41. The zero-order valence-corrected chi connectivity index (χ0v) is 15.5. The third-order valence-electron chi connectivity index (χ3n) is 3.69. The SMILES string of the molecule is CCCN(CC1CC1)S(=O)(=O)c1cc(OC)c(OC)cc1Br. The molecule has 1 aromatic carbocycles. The molecule has 0 N–H and O–H groups in total. The normalized spacial score (nSPS) is 15.1. The highest BCUT2D eigenvalue weighted by Crippen LogP contribution is 2.38. The Kier molecular flexibility index (Phi) is 5.74. The Bertz CT molecular complexity index is 629. The molecule has 1 aliphatic rings. The molecule has 0 unspecified atom stereocenters. The maximum Gasteiger partial charge on any atom is 0.244 e. The van der Waals surface area contributed by atoms with Gasteiger partial charge in [-0.15, -0.1) is 0 Å². The molecular weight excluding hydrogens is 370 g/mol. The summed E-state index contributed by atoms with van der Waals surface area (Å²) in [6, 6.07) is 3.15. The van der Waals surface area contributed by atoms with E-state index in [1.807, 2.05) is 6.92 Å². The maximum absolute atomic E-state index is 13.0. The average Bonchev–Trinajstić information content (AvgIpc) is 3.30. The molecule has 0 saturated heterocycles. The topological polar surface area (TPSA) is 55.8 Å². The molecule has 0 heterocycles. The molecule has 0 radical (unpaired) electrons. The number of ether oxygens (including phenoxy) is 2. The van der Waals surface area contributed by atoms with Crippen molar-refractivity contribution in [2.45, 2.75) is 31.1 Å². The van der Waals surface area contributed by atoms with Crippen LogP contribution in [-0.4, -0.2) is 40.0 Å². The molecule has 1 aromatic rings. The molecule has 0 amide bonds. The van der Waals surface area contributed by atoms with Gasteiger partial charge >= 0.3 is 0 Å². The summed E-state index contributed by atoms with van der Waals surface area (Å²) >= 11 is 3.35. The van der Waals surface area contributed by atoms with E-state index in [4.69, 9.17) is 9.47 Å². The fraction of sp³-hybridized carbons (Fsp3) is 0.600. The summed E-state index contributed by atoms with van der Waals surface area (Å²) in [5.41, 5.74) is 0. The van der Waals surface area contributed by atoms with Gasteiger partial charge in [0.2, 0.25) is 10.0 Å². The van der Waals surface area contributed by atoms with Crippen LogP contribution in [0.1, 0.15) is 26.2 Å². The van der Waals surface area contributed by atoms with Crippen LogP contribution in [0.25, 0.3) is 0 Å². The highest BCUT2D eigenvalue weighted by atomic mass is 79.9. The van der Waals surface area contributed by atoms with E-state index in [-0.39, 0.29) is 4.90 Å². The van der Waals surface area contributed by atoms with Gasteiger partial charge in [-0.25, -0.2) is 8.42 Å². The number of benzene rings is 1. The Morgan fingerprint density at radius 1 is 1.23 bits per heavy atom. The second-order valence-electron chi connectivity index (χ2n) is 5.44. The maximum atomic E-state index is 13.0.